The maximum atomic E-state index is 13.1. The highest BCUT2D eigenvalue weighted by Crippen LogP contribution is 2.36. The van der Waals surface area contributed by atoms with Crippen LogP contribution in [0.25, 0.3) is 0 Å². The molecule has 0 fully saturated rings. The van der Waals surface area contributed by atoms with Crippen LogP contribution in [0.5, 0.6) is 5.75 Å². The highest BCUT2D eigenvalue weighted by molar-refractivity contribution is 7.99. The van der Waals surface area contributed by atoms with Gasteiger partial charge in [-0.2, -0.15) is 13.2 Å². The molecule has 13 heteroatoms. The fraction of sp³-hybridized carbons (Fsp3) is 0.211. The molecule has 0 saturated carbocycles. The molecule has 9 nitrogen and oxygen atoms in total. The van der Waals surface area contributed by atoms with Crippen molar-refractivity contribution < 1.29 is 27.6 Å². The number of alkyl halides is 3. The molecule has 1 amide bonds. The van der Waals surface area contributed by atoms with E-state index in [4.69, 9.17) is 4.74 Å². The van der Waals surface area contributed by atoms with Crippen LogP contribution in [-0.4, -0.2) is 32.2 Å². The molecular weight excluding hydrogens is 451 g/mol. The number of nitro benzene ring substituents is 1. The third-order valence-corrected chi connectivity index (χ3v) is 5.26. The second kappa shape index (κ2) is 9.26. The van der Waals surface area contributed by atoms with Gasteiger partial charge in [0.1, 0.15) is 12.1 Å². The minimum Gasteiger partial charge on any atom is -0.492 e. The van der Waals surface area contributed by atoms with Gasteiger partial charge < -0.3 is 14.6 Å². The molecule has 3 rings (SSSR count). The average molecular weight is 467 g/mol. The van der Waals surface area contributed by atoms with Crippen LogP contribution >= 0.6 is 11.8 Å². The quantitative estimate of drug-likeness (QED) is 0.401. The zero-order valence-electron chi connectivity index (χ0n) is 16.7. The molecule has 0 aliphatic rings. The van der Waals surface area contributed by atoms with Gasteiger partial charge in [0.25, 0.3) is 11.6 Å². The largest absolute Gasteiger partial charge is 0.492 e. The Morgan fingerprint density at radius 2 is 2.03 bits per heavy atom. The molecule has 3 aromatic rings. The van der Waals surface area contributed by atoms with Gasteiger partial charge in [0.2, 0.25) is 0 Å². The van der Waals surface area contributed by atoms with Crippen molar-refractivity contribution in [3.8, 4) is 5.75 Å². The van der Waals surface area contributed by atoms with Crippen LogP contribution in [0.15, 0.2) is 52.8 Å². The number of amides is 1. The predicted molar refractivity (Wildman–Crippen MR) is 109 cm³/mol. The van der Waals surface area contributed by atoms with Crippen LogP contribution in [0.2, 0.25) is 0 Å². The summed E-state index contributed by atoms with van der Waals surface area (Å²) in [4.78, 5) is 23.8. The lowest BCUT2D eigenvalue weighted by atomic mass is 10.1. The van der Waals surface area contributed by atoms with E-state index in [9.17, 15) is 28.1 Å². The number of aromatic nitrogens is 3. The summed E-state index contributed by atoms with van der Waals surface area (Å²) in [6.07, 6.45) is -3.19. The smallest absolute Gasteiger partial charge is 0.416 e. The van der Waals surface area contributed by atoms with Crippen LogP contribution in [0.1, 0.15) is 22.8 Å². The van der Waals surface area contributed by atoms with Gasteiger partial charge in [-0.1, -0.05) is 0 Å². The van der Waals surface area contributed by atoms with E-state index in [1.165, 1.54) is 18.5 Å². The topological polar surface area (TPSA) is 112 Å². The van der Waals surface area contributed by atoms with Gasteiger partial charge in [0.05, 0.1) is 27.7 Å². The number of benzene rings is 2. The first-order valence-corrected chi connectivity index (χ1v) is 9.87. The van der Waals surface area contributed by atoms with Crippen molar-refractivity contribution in [2.45, 2.75) is 23.2 Å². The SMILES string of the molecule is CCOc1ccc(C(F)(F)F)cc1NC(=O)c1ccc(Sc2nncn2C)c([N+](=O)[O-])c1. The number of hydrogen-bond acceptors (Lipinski definition) is 7. The van der Waals surface area contributed by atoms with Crippen molar-refractivity contribution in [3.05, 3.63) is 64.0 Å². The number of ether oxygens (including phenoxy) is 1. The number of aryl methyl sites for hydroxylation is 1. The molecule has 0 unspecified atom stereocenters. The summed E-state index contributed by atoms with van der Waals surface area (Å²) in [5, 5.41) is 21.8. The first kappa shape index (κ1) is 23.1. The standard InChI is InChI=1S/C19H16F3N5O4S/c1-3-31-15-6-5-12(19(20,21)22)9-13(15)24-17(28)11-4-7-16(14(8-11)27(29)30)32-18-25-23-10-26(18)2/h4-10H,3H2,1-2H3,(H,24,28). The summed E-state index contributed by atoms with van der Waals surface area (Å²) in [5.41, 5.74) is -1.65. The van der Waals surface area contributed by atoms with E-state index in [0.717, 1.165) is 36.0 Å². The van der Waals surface area contributed by atoms with Gasteiger partial charge in [-0.3, -0.25) is 14.9 Å². The summed E-state index contributed by atoms with van der Waals surface area (Å²) in [7, 11) is 1.67. The van der Waals surface area contributed by atoms with E-state index < -0.39 is 22.6 Å². The fourth-order valence-electron chi connectivity index (χ4n) is 2.63. The number of rotatable bonds is 7. The highest BCUT2D eigenvalue weighted by atomic mass is 32.2. The Morgan fingerprint density at radius 1 is 1.28 bits per heavy atom. The lowest BCUT2D eigenvalue weighted by Crippen LogP contribution is -2.15. The summed E-state index contributed by atoms with van der Waals surface area (Å²) in [6, 6.07) is 6.42. The minimum absolute atomic E-state index is 0.0396. The number of carbonyl (C=O) groups is 1. The molecule has 0 bridgehead atoms. The van der Waals surface area contributed by atoms with E-state index >= 15 is 0 Å². The molecule has 0 radical (unpaired) electrons. The zero-order valence-corrected chi connectivity index (χ0v) is 17.5. The summed E-state index contributed by atoms with van der Waals surface area (Å²) >= 11 is 0.985. The Bertz CT molecular complexity index is 1170. The Kier molecular flexibility index (Phi) is 6.67. The van der Waals surface area contributed by atoms with E-state index in [2.05, 4.69) is 15.5 Å². The maximum absolute atomic E-state index is 13.1. The molecule has 1 aromatic heterocycles. The molecule has 1 N–H and O–H groups in total. The third-order valence-electron chi connectivity index (χ3n) is 4.14. The molecule has 32 heavy (non-hydrogen) atoms. The van der Waals surface area contributed by atoms with Gasteiger partial charge in [-0.05, 0) is 49.0 Å². The van der Waals surface area contributed by atoms with Crippen LogP contribution in [0.4, 0.5) is 24.5 Å². The second-order valence-corrected chi connectivity index (χ2v) is 7.37. The van der Waals surface area contributed by atoms with Crippen LogP contribution in [0.3, 0.4) is 0 Å². The summed E-state index contributed by atoms with van der Waals surface area (Å²) in [6.45, 7) is 1.80. The van der Waals surface area contributed by atoms with Crippen molar-refractivity contribution in [1.29, 1.82) is 0 Å². The van der Waals surface area contributed by atoms with Crippen LogP contribution in [-0.2, 0) is 13.2 Å². The number of nitrogens with zero attached hydrogens (tertiary/aromatic N) is 4. The minimum atomic E-state index is -4.62. The Labute approximate surface area is 183 Å². The van der Waals surface area contributed by atoms with E-state index in [0.29, 0.717) is 5.16 Å². The van der Waals surface area contributed by atoms with Gasteiger partial charge in [-0.15, -0.1) is 10.2 Å². The van der Waals surface area contributed by atoms with E-state index in [1.54, 1.807) is 18.5 Å². The molecule has 0 aliphatic heterocycles. The number of hydrogen-bond donors (Lipinski definition) is 1. The summed E-state index contributed by atoms with van der Waals surface area (Å²) < 4.78 is 46.1. The summed E-state index contributed by atoms with van der Waals surface area (Å²) in [5.74, 6) is -0.790. The first-order valence-electron chi connectivity index (χ1n) is 9.05. The molecule has 0 spiro atoms. The van der Waals surface area contributed by atoms with Crippen molar-refractivity contribution in [1.82, 2.24) is 14.8 Å². The molecule has 2 aromatic carbocycles. The van der Waals surface area contributed by atoms with E-state index in [-0.39, 0.29) is 34.2 Å². The number of halogens is 3. The Morgan fingerprint density at radius 3 is 2.62 bits per heavy atom. The normalized spacial score (nSPS) is 11.3. The molecule has 0 saturated heterocycles. The average Bonchev–Trinajstić information content (AvgIpc) is 3.13. The number of carbonyl (C=O) groups excluding carboxylic acids is 1. The molecule has 0 atom stereocenters. The monoisotopic (exact) mass is 467 g/mol. The molecule has 0 aliphatic carbocycles. The van der Waals surface area contributed by atoms with Gasteiger partial charge in [-0.25, -0.2) is 0 Å². The van der Waals surface area contributed by atoms with Crippen molar-refractivity contribution in [2.24, 2.45) is 7.05 Å². The Balaban J connectivity index is 1.92. The number of anilines is 1. The number of nitro groups is 1. The van der Waals surface area contributed by atoms with Gasteiger partial charge >= 0.3 is 6.18 Å². The Hall–Kier alpha value is -3.61. The first-order chi connectivity index (χ1) is 15.1. The predicted octanol–water partition coefficient (Wildman–Crippen LogP) is 4.54. The van der Waals surface area contributed by atoms with Crippen LogP contribution in [0, 0.1) is 10.1 Å². The second-order valence-electron chi connectivity index (χ2n) is 6.36. The third kappa shape index (κ3) is 5.17. The molecule has 168 valence electrons. The van der Waals surface area contributed by atoms with Crippen LogP contribution < -0.4 is 10.1 Å². The lowest BCUT2D eigenvalue weighted by molar-refractivity contribution is -0.387. The van der Waals surface area contributed by atoms with Crippen molar-refractivity contribution in [2.75, 3.05) is 11.9 Å². The molecular formula is C19H16F3N5O4S. The van der Waals surface area contributed by atoms with E-state index in [1.807, 2.05) is 0 Å². The van der Waals surface area contributed by atoms with Gasteiger partial charge in [0, 0.05) is 18.7 Å². The van der Waals surface area contributed by atoms with Crippen molar-refractivity contribution >= 4 is 29.0 Å². The zero-order chi connectivity index (χ0) is 23.5. The molecule has 1 heterocycles. The van der Waals surface area contributed by atoms with Crippen molar-refractivity contribution in [3.63, 3.8) is 0 Å². The maximum Gasteiger partial charge on any atom is 0.416 e. The highest BCUT2D eigenvalue weighted by Gasteiger charge is 2.31. The lowest BCUT2D eigenvalue weighted by Gasteiger charge is -2.15. The number of nitrogens with one attached hydrogen (secondary N) is 1. The van der Waals surface area contributed by atoms with Gasteiger partial charge in [0.15, 0.2) is 5.16 Å². The fourth-order valence-corrected chi connectivity index (χ4v) is 3.48.